The summed E-state index contributed by atoms with van der Waals surface area (Å²) in [5, 5.41) is 9.09. The number of hydrogen-bond donors (Lipinski definition) is 2. The van der Waals surface area contributed by atoms with Crippen molar-refractivity contribution in [1.82, 2.24) is 4.72 Å². The Morgan fingerprint density at radius 3 is 2.24 bits per heavy atom. The minimum absolute atomic E-state index is 0.0779. The molecule has 0 spiro atoms. The molecule has 0 aliphatic heterocycles. The van der Waals surface area contributed by atoms with Crippen LogP contribution in [0.2, 0.25) is 0 Å². The Labute approximate surface area is 131 Å². The SMILES string of the molecule is COc1cc(C)c(S(=O)(=O)NC(C)C(CO)SC)c(C)c1. The van der Waals surface area contributed by atoms with Crippen molar-refractivity contribution in [2.45, 2.75) is 37.0 Å². The summed E-state index contributed by atoms with van der Waals surface area (Å²) < 4.78 is 32.9. The molecule has 0 amide bonds. The summed E-state index contributed by atoms with van der Waals surface area (Å²) in [6.07, 6.45) is 1.84. The molecule has 0 aromatic heterocycles. The molecule has 0 aliphatic carbocycles. The van der Waals surface area contributed by atoms with Crippen LogP contribution in [0.15, 0.2) is 17.0 Å². The Morgan fingerprint density at radius 2 is 1.86 bits per heavy atom. The fraction of sp³-hybridized carbons (Fsp3) is 0.571. The van der Waals surface area contributed by atoms with E-state index in [1.807, 2.05) is 6.26 Å². The van der Waals surface area contributed by atoms with Crippen molar-refractivity contribution in [1.29, 1.82) is 0 Å². The highest BCUT2D eigenvalue weighted by Gasteiger charge is 2.25. The lowest BCUT2D eigenvalue weighted by molar-refractivity contribution is 0.282. The predicted octanol–water partition coefficient (Wildman–Crippen LogP) is 1.70. The summed E-state index contributed by atoms with van der Waals surface area (Å²) in [7, 11) is -2.09. The average Bonchev–Trinajstić information content (AvgIpc) is 2.37. The van der Waals surface area contributed by atoms with Crippen LogP contribution in [-0.2, 0) is 10.0 Å². The van der Waals surface area contributed by atoms with E-state index in [-0.39, 0.29) is 22.8 Å². The van der Waals surface area contributed by atoms with Crippen LogP contribution < -0.4 is 9.46 Å². The molecule has 0 aliphatic rings. The molecule has 2 N–H and O–H groups in total. The van der Waals surface area contributed by atoms with Gasteiger partial charge in [-0.15, -0.1) is 0 Å². The first-order valence-electron chi connectivity index (χ1n) is 6.58. The van der Waals surface area contributed by atoms with E-state index in [1.165, 1.54) is 11.8 Å². The Morgan fingerprint density at radius 1 is 1.33 bits per heavy atom. The van der Waals surface area contributed by atoms with Crippen molar-refractivity contribution in [2.75, 3.05) is 20.0 Å². The highest BCUT2D eigenvalue weighted by molar-refractivity contribution is 7.99. The normalized spacial score (nSPS) is 14.8. The molecule has 0 saturated carbocycles. The molecule has 1 rings (SSSR count). The van der Waals surface area contributed by atoms with Crippen LogP contribution in [0.25, 0.3) is 0 Å². The van der Waals surface area contributed by atoms with Crippen molar-refractivity contribution in [2.24, 2.45) is 0 Å². The van der Waals surface area contributed by atoms with Gasteiger partial charge in [-0.05, 0) is 50.3 Å². The lowest BCUT2D eigenvalue weighted by Gasteiger charge is -2.22. The number of ether oxygens (including phenoxy) is 1. The van der Waals surface area contributed by atoms with E-state index in [4.69, 9.17) is 4.74 Å². The van der Waals surface area contributed by atoms with Crippen LogP contribution in [-0.4, -0.2) is 44.8 Å². The molecule has 7 heteroatoms. The molecular formula is C14H23NO4S2. The Hall–Kier alpha value is -0.760. The molecule has 2 atom stereocenters. The summed E-state index contributed by atoms with van der Waals surface area (Å²) in [6, 6.07) is 3.03. The summed E-state index contributed by atoms with van der Waals surface area (Å²) in [5.41, 5.74) is 1.27. The molecule has 1 aromatic carbocycles. The van der Waals surface area contributed by atoms with E-state index >= 15 is 0 Å². The van der Waals surface area contributed by atoms with Gasteiger partial charge in [-0.3, -0.25) is 0 Å². The van der Waals surface area contributed by atoms with Crippen LogP contribution >= 0.6 is 11.8 Å². The molecule has 0 saturated heterocycles. The third-order valence-corrected chi connectivity index (χ3v) is 6.35. The number of nitrogens with one attached hydrogen (secondary N) is 1. The number of benzene rings is 1. The molecule has 0 heterocycles. The molecule has 120 valence electrons. The molecule has 2 unspecified atom stereocenters. The number of aliphatic hydroxyl groups is 1. The number of thioether (sulfide) groups is 1. The lowest BCUT2D eigenvalue weighted by Crippen LogP contribution is -2.41. The first kappa shape index (κ1) is 18.3. The molecule has 5 nitrogen and oxygen atoms in total. The highest BCUT2D eigenvalue weighted by atomic mass is 32.2. The summed E-state index contributed by atoms with van der Waals surface area (Å²) in [6.45, 7) is 5.16. The zero-order valence-corrected chi connectivity index (χ0v) is 14.6. The maximum Gasteiger partial charge on any atom is 0.241 e. The average molecular weight is 333 g/mol. The van der Waals surface area contributed by atoms with Gasteiger partial charge in [0.1, 0.15) is 5.75 Å². The van der Waals surface area contributed by atoms with Gasteiger partial charge in [-0.1, -0.05) is 0 Å². The second-order valence-corrected chi connectivity index (χ2v) is 7.68. The van der Waals surface area contributed by atoms with Gasteiger partial charge in [-0.2, -0.15) is 11.8 Å². The second-order valence-electron chi connectivity index (χ2n) is 4.96. The summed E-state index contributed by atoms with van der Waals surface area (Å²) in [5.74, 6) is 0.634. The summed E-state index contributed by atoms with van der Waals surface area (Å²) >= 11 is 1.43. The quantitative estimate of drug-likeness (QED) is 0.794. The highest BCUT2D eigenvalue weighted by Crippen LogP contribution is 2.26. The minimum atomic E-state index is -3.64. The number of methoxy groups -OCH3 is 1. The number of hydrogen-bond acceptors (Lipinski definition) is 5. The number of rotatable bonds is 7. The van der Waals surface area contributed by atoms with Gasteiger partial charge >= 0.3 is 0 Å². The zero-order chi connectivity index (χ0) is 16.2. The smallest absolute Gasteiger partial charge is 0.241 e. The first-order chi connectivity index (χ1) is 9.76. The fourth-order valence-electron chi connectivity index (χ4n) is 2.27. The van der Waals surface area contributed by atoms with E-state index < -0.39 is 10.0 Å². The summed E-state index contributed by atoms with van der Waals surface area (Å²) in [4.78, 5) is 0.271. The first-order valence-corrected chi connectivity index (χ1v) is 9.35. The number of aliphatic hydroxyl groups excluding tert-OH is 1. The molecule has 1 aromatic rings. The standard InChI is InChI=1S/C14H23NO4S2/c1-9-6-12(19-4)7-10(2)14(9)21(17,18)15-11(3)13(8-16)20-5/h6-7,11,13,15-16H,8H2,1-5H3. The topological polar surface area (TPSA) is 75.6 Å². The molecule has 21 heavy (non-hydrogen) atoms. The monoisotopic (exact) mass is 333 g/mol. The Kier molecular flexibility index (Phi) is 6.52. The van der Waals surface area contributed by atoms with Gasteiger partial charge < -0.3 is 9.84 Å². The maximum atomic E-state index is 12.6. The van der Waals surface area contributed by atoms with E-state index in [9.17, 15) is 13.5 Å². The second kappa shape index (κ2) is 7.49. The van der Waals surface area contributed by atoms with Crippen molar-refractivity contribution >= 4 is 21.8 Å². The van der Waals surface area contributed by atoms with Gasteiger partial charge in [0.05, 0.1) is 18.6 Å². The third-order valence-electron chi connectivity index (χ3n) is 3.32. The number of aryl methyl sites for hydroxylation is 2. The van der Waals surface area contributed by atoms with Gasteiger partial charge in [0, 0.05) is 11.3 Å². The van der Waals surface area contributed by atoms with Crippen LogP contribution in [0.3, 0.4) is 0 Å². The maximum absolute atomic E-state index is 12.6. The fourth-order valence-corrected chi connectivity index (χ4v) is 4.72. The minimum Gasteiger partial charge on any atom is -0.497 e. The van der Waals surface area contributed by atoms with Crippen molar-refractivity contribution in [3.8, 4) is 5.75 Å². The Bertz CT molecular complexity index is 560. The zero-order valence-electron chi connectivity index (χ0n) is 13.0. The number of sulfonamides is 1. The van der Waals surface area contributed by atoms with Crippen molar-refractivity contribution < 1.29 is 18.3 Å². The van der Waals surface area contributed by atoms with E-state index in [0.717, 1.165) is 0 Å². The largest absolute Gasteiger partial charge is 0.497 e. The third kappa shape index (κ3) is 4.35. The molecular weight excluding hydrogens is 310 g/mol. The van der Waals surface area contributed by atoms with Crippen molar-refractivity contribution in [3.63, 3.8) is 0 Å². The van der Waals surface area contributed by atoms with Gasteiger partial charge in [0.25, 0.3) is 0 Å². The van der Waals surface area contributed by atoms with E-state index in [1.54, 1.807) is 40.0 Å². The van der Waals surface area contributed by atoms with Crippen LogP contribution in [0.5, 0.6) is 5.75 Å². The molecule has 0 fully saturated rings. The lowest BCUT2D eigenvalue weighted by atomic mass is 10.1. The van der Waals surface area contributed by atoms with Crippen molar-refractivity contribution in [3.05, 3.63) is 23.3 Å². The van der Waals surface area contributed by atoms with Crippen LogP contribution in [0, 0.1) is 13.8 Å². The predicted molar refractivity (Wildman–Crippen MR) is 86.6 cm³/mol. The van der Waals surface area contributed by atoms with Crippen LogP contribution in [0.4, 0.5) is 0 Å². The van der Waals surface area contributed by atoms with Gasteiger partial charge in [0.15, 0.2) is 0 Å². The van der Waals surface area contributed by atoms with E-state index in [0.29, 0.717) is 16.9 Å². The molecule has 0 bridgehead atoms. The van der Waals surface area contributed by atoms with E-state index in [2.05, 4.69) is 4.72 Å². The van der Waals surface area contributed by atoms with Gasteiger partial charge in [-0.25, -0.2) is 13.1 Å². The van der Waals surface area contributed by atoms with Gasteiger partial charge in [0.2, 0.25) is 10.0 Å². The Balaban J connectivity index is 3.14. The van der Waals surface area contributed by atoms with Crippen LogP contribution in [0.1, 0.15) is 18.1 Å². The molecule has 0 radical (unpaired) electrons.